The fourth-order valence-corrected chi connectivity index (χ4v) is 3.31. The second-order valence-electron chi connectivity index (χ2n) is 4.53. The van der Waals surface area contributed by atoms with Crippen molar-refractivity contribution in [3.8, 4) is 16.6 Å². The van der Waals surface area contributed by atoms with Crippen LogP contribution in [0.25, 0.3) is 21.5 Å². The highest BCUT2D eigenvalue weighted by Crippen LogP contribution is 2.34. The highest BCUT2D eigenvalue weighted by molar-refractivity contribution is 7.15. The van der Waals surface area contributed by atoms with Gasteiger partial charge < -0.3 is 4.57 Å². The number of aryl methyl sites for hydroxylation is 2. The van der Waals surface area contributed by atoms with E-state index in [-0.39, 0.29) is 0 Å². The van der Waals surface area contributed by atoms with Gasteiger partial charge in [-0.2, -0.15) is 5.26 Å². The van der Waals surface area contributed by atoms with Crippen molar-refractivity contribution in [2.75, 3.05) is 0 Å². The Labute approximate surface area is 115 Å². The number of nitrogens with zero attached hydrogens (tertiary/aromatic N) is 3. The Balaban J connectivity index is 2.20. The van der Waals surface area contributed by atoms with E-state index < -0.39 is 0 Å². The quantitative estimate of drug-likeness (QED) is 0.710. The second-order valence-corrected chi connectivity index (χ2v) is 5.62. The number of benzene rings is 1. The van der Waals surface area contributed by atoms with E-state index in [1.807, 2.05) is 26.1 Å². The first kappa shape index (κ1) is 11.9. The SMILES string of the molecule is Cc1nc(-c2cn(C)c3ccccc23)sc1CC#N. The Bertz CT molecular complexity index is 789. The van der Waals surface area contributed by atoms with E-state index in [4.69, 9.17) is 5.26 Å². The van der Waals surface area contributed by atoms with Gasteiger partial charge in [0.1, 0.15) is 5.01 Å². The molecule has 0 unspecified atom stereocenters. The molecule has 0 fully saturated rings. The maximum Gasteiger partial charge on any atom is 0.126 e. The predicted octanol–water partition coefficient (Wildman–Crippen LogP) is 3.68. The van der Waals surface area contributed by atoms with E-state index >= 15 is 0 Å². The fraction of sp³-hybridized carbons (Fsp3) is 0.200. The summed E-state index contributed by atoms with van der Waals surface area (Å²) in [7, 11) is 2.04. The third kappa shape index (κ3) is 1.92. The first-order valence-corrected chi connectivity index (χ1v) is 6.90. The lowest BCUT2D eigenvalue weighted by atomic mass is 10.2. The maximum absolute atomic E-state index is 8.82. The van der Waals surface area contributed by atoms with E-state index in [9.17, 15) is 0 Å². The zero-order valence-electron chi connectivity index (χ0n) is 10.8. The molecule has 19 heavy (non-hydrogen) atoms. The number of hydrogen-bond donors (Lipinski definition) is 0. The number of thiazole rings is 1. The standard InChI is InChI=1S/C15H13N3S/c1-10-14(7-8-16)19-15(17-10)12-9-18(2)13-6-4-3-5-11(12)13/h3-6,9H,7H2,1-2H3. The van der Waals surface area contributed by atoms with Crippen LogP contribution in [0.2, 0.25) is 0 Å². The smallest absolute Gasteiger partial charge is 0.126 e. The molecule has 0 saturated carbocycles. The number of nitriles is 1. The Morgan fingerprint density at radius 2 is 2.16 bits per heavy atom. The van der Waals surface area contributed by atoms with Crippen molar-refractivity contribution >= 4 is 22.2 Å². The Hall–Kier alpha value is -2.12. The van der Waals surface area contributed by atoms with Crippen molar-refractivity contribution < 1.29 is 0 Å². The molecule has 3 rings (SSSR count). The highest BCUT2D eigenvalue weighted by Gasteiger charge is 2.14. The number of fused-ring (bicyclic) bond motifs is 1. The normalized spacial score (nSPS) is 10.8. The molecule has 1 aromatic carbocycles. The molecule has 3 aromatic rings. The number of rotatable bonds is 2. The summed E-state index contributed by atoms with van der Waals surface area (Å²) in [4.78, 5) is 5.68. The molecule has 0 N–H and O–H groups in total. The molecule has 0 bridgehead atoms. The Kier molecular flexibility index (Phi) is 2.84. The van der Waals surface area contributed by atoms with Gasteiger partial charge in [0.2, 0.25) is 0 Å². The van der Waals surface area contributed by atoms with Crippen LogP contribution in [-0.2, 0) is 13.5 Å². The Morgan fingerprint density at radius 1 is 1.37 bits per heavy atom. The average Bonchev–Trinajstić information content (AvgIpc) is 2.93. The largest absolute Gasteiger partial charge is 0.350 e. The molecule has 0 atom stereocenters. The summed E-state index contributed by atoms with van der Waals surface area (Å²) in [6.45, 7) is 1.97. The highest BCUT2D eigenvalue weighted by atomic mass is 32.1. The maximum atomic E-state index is 8.82. The van der Waals surface area contributed by atoms with Crippen molar-refractivity contribution in [1.29, 1.82) is 5.26 Å². The van der Waals surface area contributed by atoms with Gasteiger partial charge in [-0.15, -0.1) is 11.3 Å². The molecule has 0 amide bonds. The summed E-state index contributed by atoms with van der Waals surface area (Å²) >= 11 is 1.62. The average molecular weight is 267 g/mol. The van der Waals surface area contributed by atoms with Crippen LogP contribution in [0.3, 0.4) is 0 Å². The van der Waals surface area contributed by atoms with Crippen LogP contribution in [0, 0.1) is 18.3 Å². The van der Waals surface area contributed by atoms with E-state index in [0.717, 1.165) is 21.1 Å². The molecule has 2 aromatic heterocycles. The first-order chi connectivity index (χ1) is 9.20. The predicted molar refractivity (Wildman–Crippen MR) is 78.1 cm³/mol. The molecule has 0 aliphatic heterocycles. The van der Waals surface area contributed by atoms with Gasteiger partial charge in [0.05, 0.1) is 18.2 Å². The van der Waals surface area contributed by atoms with Gasteiger partial charge >= 0.3 is 0 Å². The lowest BCUT2D eigenvalue weighted by Crippen LogP contribution is -1.81. The molecule has 0 radical (unpaired) electrons. The molecule has 0 aliphatic rings. The first-order valence-electron chi connectivity index (χ1n) is 6.08. The van der Waals surface area contributed by atoms with E-state index in [2.05, 4.69) is 33.9 Å². The van der Waals surface area contributed by atoms with Crippen molar-refractivity contribution in [1.82, 2.24) is 9.55 Å². The van der Waals surface area contributed by atoms with Crippen LogP contribution >= 0.6 is 11.3 Å². The van der Waals surface area contributed by atoms with Crippen molar-refractivity contribution in [3.63, 3.8) is 0 Å². The number of aromatic nitrogens is 2. The molecule has 4 heteroatoms. The minimum absolute atomic E-state index is 0.439. The minimum Gasteiger partial charge on any atom is -0.350 e. The lowest BCUT2D eigenvalue weighted by Gasteiger charge is -1.93. The molecule has 0 spiro atoms. The van der Waals surface area contributed by atoms with Crippen LogP contribution in [0.4, 0.5) is 0 Å². The van der Waals surface area contributed by atoms with Crippen LogP contribution in [0.5, 0.6) is 0 Å². The van der Waals surface area contributed by atoms with Gasteiger partial charge in [0.25, 0.3) is 0 Å². The topological polar surface area (TPSA) is 41.6 Å². The van der Waals surface area contributed by atoms with Crippen LogP contribution < -0.4 is 0 Å². The molecule has 2 heterocycles. The summed E-state index contributed by atoms with van der Waals surface area (Å²) in [6, 6.07) is 10.5. The van der Waals surface area contributed by atoms with Crippen LogP contribution in [0.15, 0.2) is 30.5 Å². The van der Waals surface area contributed by atoms with Crippen molar-refractivity contribution in [2.24, 2.45) is 7.05 Å². The summed E-state index contributed by atoms with van der Waals surface area (Å²) in [5.74, 6) is 0. The number of para-hydroxylation sites is 1. The zero-order chi connectivity index (χ0) is 13.4. The van der Waals surface area contributed by atoms with Crippen molar-refractivity contribution in [2.45, 2.75) is 13.3 Å². The summed E-state index contributed by atoms with van der Waals surface area (Å²) in [5.41, 5.74) is 3.32. The summed E-state index contributed by atoms with van der Waals surface area (Å²) in [6.07, 6.45) is 2.55. The van der Waals surface area contributed by atoms with E-state index in [1.165, 1.54) is 10.9 Å². The second kappa shape index (κ2) is 4.52. The molecule has 0 saturated heterocycles. The van der Waals surface area contributed by atoms with Crippen molar-refractivity contribution in [3.05, 3.63) is 41.0 Å². The Morgan fingerprint density at radius 3 is 2.95 bits per heavy atom. The van der Waals surface area contributed by atoms with Gasteiger partial charge in [-0.25, -0.2) is 4.98 Å². The minimum atomic E-state index is 0.439. The third-order valence-corrected chi connectivity index (χ3v) is 4.45. The van der Waals surface area contributed by atoms with Gasteiger partial charge in [-0.3, -0.25) is 0 Å². The summed E-state index contributed by atoms with van der Waals surface area (Å²) in [5, 5.41) is 11.0. The van der Waals surface area contributed by atoms with Gasteiger partial charge in [-0.05, 0) is 13.0 Å². The zero-order valence-corrected chi connectivity index (χ0v) is 11.7. The molecule has 3 nitrogen and oxygen atoms in total. The van der Waals surface area contributed by atoms with Gasteiger partial charge in [0.15, 0.2) is 0 Å². The molecule has 0 aliphatic carbocycles. The van der Waals surface area contributed by atoms with Crippen LogP contribution in [0.1, 0.15) is 10.6 Å². The third-order valence-electron chi connectivity index (χ3n) is 3.26. The van der Waals surface area contributed by atoms with Gasteiger partial charge in [-0.1, -0.05) is 18.2 Å². The summed E-state index contributed by atoms with van der Waals surface area (Å²) < 4.78 is 2.12. The lowest BCUT2D eigenvalue weighted by molar-refractivity contribution is 0.970. The monoisotopic (exact) mass is 267 g/mol. The van der Waals surface area contributed by atoms with Gasteiger partial charge in [0, 0.05) is 34.6 Å². The molecule has 94 valence electrons. The molecular formula is C15H13N3S. The number of hydrogen-bond acceptors (Lipinski definition) is 3. The molecular weight excluding hydrogens is 254 g/mol. The fourth-order valence-electron chi connectivity index (χ4n) is 2.29. The van der Waals surface area contributed by atoms with E-state index in [1.54, 1.807) is 11.3 Å². The van der Waals surface area contributed by atoms with Crippen LogP contribution in [-0.4, -0.2) is 9.55 Å². The van der Waals surface area contributed by atoms with E-state index in [0.29, 0.717) is 6.42 Å².